The number of methoxy groups -OCH3 is 1. The maximum atomic E-state index is 12.6. The van der Waals surface area contributed by atoms with Gasteiger partial charge in [-0.25, -0.2) is 0 Å². The van der Waals surface area contributed by atoms with Crippen LogP contribution in [0.3, 0.4) is 0 Å². The van der Waals surface area contributed by atoms with Gasteiger partial charge in [0.05, 0.1) is 19.7 Å². The third-order valence-electron chi connectivity index (χ3n) is 3.59. The van der Waals surface area contributed by atoms with Crippen LogP contribution < -0.4 is 15.4 Å². The number of carbonyl (C=O) groups is 1. The van der Waals surface area contributed by atoms with Gasteiger partial charge in [0, 0.05) is 5.69 Å². The number of carbonyl (C=O) groups excluding carboxylic acids is 1. The van der Waals surface area contributed by atoms with Crippen molar-refractivity contribution in [3.05, 3.63) is 60.2 Å². The van der Waals surface area contributed by atoms with Crippen LogP contribution in [0.2, 0.25) is 0 Å². The molecule has 2 rings (SSSR count). The molecule has 2 aromatic carbocycles. The summed E-state index contributed by atoms with van der Waals surface area (Å²) in [5.74, 6) is 0.687. The van der Waals surface area contributed by atoms with Gasteiger partial charge in [0.15, 0.2) is 0 Å². The van der Waals surface area contributed by atoms with Gasteiger partial charge in [-0.15, -0.1) is 0 Å². The molecule has 2 N–H and O–H groups in total. The van der Waals surface area contributed by atoms with Crippen molar-refractivity contribution < 1.29 is 9.53 Å². The molecular weight excluding hydrogens is 276 g/mol. The zero-order valence-corrected chi connectivity index (χ0v) is 13.0. The van der Waals surface area contributed by atoms with Crippen LogP contribution in [0, 0.1) is 0 Å². The van der Waals surface area contributed by atoms with Gasteiger partial charge in [0.2, 0.25) is 5.91 Å². The van der Waals surface area contributed by atoms with Crippen LogP contribution in [0.25, 0.3) is 0 Å². The molecule has 0 saturated carbocycles. The molecule has 0 radical (unpaired) electrons. The number of benzene rings is 2. The first kappa shape index (κ1) is 16.0. The fourth-order valence-electron chi connectivity index (χ4n) is 2.20. The summed E-state index contributed by atoms with van der Waals surface area (Å²) >= 11 is 0. The van der Waals surface area contributed by atoms with E-state index < -0.39 is 6.04 Å². The predicted molar refractivity (Wildman–Crippen MR) is 88.9 cm³/mol. The molecular formula is C18H22N2O2. The summed E-state index contributed by atoms with van der Waals surface area (Å²) in [6.07, 6.45) is 0.611. The predicted octanol–water partition coefficient (Wildman–Crippen LogP) is 2.97. The van der Waals surface area contributed by atoms with E-state index >= 15 is 0 Å². The molecule has 4 nitrogen and oxygen atoms in total. The second-order valence-electron chi connectivity index (χ2n) is 5.12. The first-order valence-electron chi connectivity index (χ1n) is 7.40. The lowest BCUT2D eigenvalue weighted by Gasteiger charge is -2.26. The molecule has 0 heterocycles. The Morgan fingerprint density at radius 3 is 2.32 bits per heavy atom. The number of hydrogen-bond donors (Lipinski definition) is 1. The topological polar surface area (TPSA) is 55.6 Å². The number of hydrogen-bond acceptors (Lipinski definition) is 3. The van der Waals surface area contributed by atoms with Gasteiger partial charge < -0.3 is 15.4 Å². The van der Waals surface area contributed by atoms with Crippen LogP contribution in [-0.4, -0.2) is 19.1 Å². The van der Waals surface area contributed by atoms with Gasteiger partial charge in [-0.1, -0.05) is 37.3 Å². The van der Waals surface area contributed by atoms with E-state index in [4.69, 9.17) is 10.5 Å². The smallest absolute Gasteiger partial charge is 0.244 e. The number of rotatable bonds is 6. The van der Waals surface area contributed by atoms with Crippen molar-refractivity contribution in [3.8, 4) is 5.75 Å². The van der Waals surface area contributed by atoms with E-state index in [9.17, 15) is 4.79 Å². The van der Waals surface area contributed by atoms with Crippen LogP contribution in [0.5, 0.6) is 5.75 Å². The highest BCUT2D eigenvalue weighted by molar-refractivity contribution is 5.97. The number of amides is 1. The Bertz CT molecular complexity index is 596. The summed E-state index contributed by atoms with van der Waals surface area (Å²) in [6, 6.07) is 16.8. The minimum Gasteiger partial charge on any atom is -0.497 e. The maximum Gasteiger partial charge on any atom is 0.244 e. The Hall–Kier alpha value is -2.33. The third kappa shape index (κ3) is 3.86. The van der Waals surface area contributed by atoms with E-state index in [0.717, 1.165) is 17.0 Å². The fraction of sp³-hybridized carbons (Fsp3) is 0.278. The summed E-state index contributed by atoms with van der Waals surface area (Å²) in [4.78, 5) is 14.3. The molecule has 1 atom stereocenters. The lowest BCUT2D eigenvalue weighted by atomic mass is 10.1. The van der Waals surface area contributed by atoms with E-state index in [0.29, 0.717) is 13.0 Å². The van der Waals surface area contributed by atoms with Gasteiger partial charge in [0.25, 0.3) is 0 Å². The first-order chi connectivity index (χ1) is 10.7. The molecule has 0 saturated heterocycles. The first-order valence-corrected chi connectivity index (χ1v) is 7.40. The SMILES string of the molecule is CCC(N)C(=O)N(Cc1ccccc1)c1ccc(OC)cc1. The monoisotopic (exact) mass is 298 g/mol. The van der Waals surface area contributed by atoms with E-state index in [2.05, 4.69) is 0 Å². The lowest BCUT2D eigenvalue weighted by Crippen LogP contribution is -2.43. The van der Waals surface area contributed by atoms with Crippen molar-refractivity contribution in [1.82, 2.24) is 0 Å². The van der Waals surface area contributed by atoms with Gasteiger partial charge in [-0.2, -0.15) is 0 Å². The molecule has 0 fully saturated rings. The number of ether oxygens (including phenoxy) is 1. The van der Waals surface area contributed by atoms with Gasteiger partial charge in [0.1, 0.15) is 5.75 Å². The second-order valence-corrected chi connectivity index (χ2v) is 5.12. The van der Waals surface area contributed by atoms with Crippen molar-refractivity contribution in [2.24, 2.45) is 5.73 Å². The van der Waals surface area contributed by atoms with Gasteiger partial charge in [-0.3, -0.25) is 4.79 Å². The third-order valence-corrected chi connectivity index (χ3v) is 3.59. The summed E-state index contributed by atoms with van der Waals surface area (Å²) in [6.45, 7) is 2.41. The highest BCUT2D eigenvalue weighted by Gasteiger charge is 2.21. The van der Waals surface area contributed by atoms with Crippen LogP contribution in [0.1, 0.15) is 18.9 Å². The number of nitrogens with zero attached hydrogens (tertiary/aromatic N) is 1. The molecule has 22 heavy (non-hydrogen) atoms. The molecule has 0 aliphatic carbocycles. The molecule has 0 bridgehead atoms. The molecule has 116 valence electrons. The minimum absolute atomic E-state index is 0.0727. The van der Waals surface area contributed by atoms with Crippen molar-refractivity contribution >= 4 is 11.6 Å². The highest BCUT2D eigenvalue weighted by atomic mass is 16.5. The van der Waals surface area contributed by atoms with Crippen molar-refractivity contribution in [3.63, 3.8) is 0 Å². The zero-order valence-electron chi connectivity index (χ0n) is 13.0. The molecule has 0 aliphatic rings. The molecule has 0 aromatic heterocycles. The van der Waals surface area contributed by atoms with Crippen molar-refractivity contribution in [2.45, 2.75) is 25.9 Å². The molecule has 1 amide bonds. The average Bonchev–Trinajstić information content (AvgIpc) is 2.59. The van der Waals surface area contributed by atoms with Gasteiger partial charge in [-0.05, 0) is 36.2 Å². The molecule has 2 aromatic rings. The molecule has 0 aliphatic heterocycles. The highest BCUT2D eigenvalue weighted by Crippen LogP contribution is 2.22. The average molecular weight is 298 g/mol. The molecule has 0 spiro atoms. The fourth-order valence-corrected chi connectivity index (χ4v) is 2.20. The number of anilines is 1. The minimum atomic E-state index is -0.495. The Balaban J connectivity index is 2.29. The van der Waals surface area contributed by atoms with E-state index in [-0.39, 0.29) is 5.91 Å². The Labute approximate surface area is 131 Å². The van der Waals surface area contributed by atoms with Crippen LogP contribution >= 0.6 is 0 Å². The summed E-state index contributed by atoms with van der Waals surface area (Å²) in [7, 11) is 1.62. The molecule has 1 unspecified atom stereocenters. The lowest BCUT2D eigenvalue weighted by molar-refractivity contribution is -0.120. The number of nitrogens with two attached hydrogens (primary N) is 1. The molecule has 4 heteroatoms. The largest absolute Gasteiger partial charge is 0.497 e. The van der Waals surface area contributed by atoms with E-state index in [1.807, 2.05) is 61.5 Å². The van der Waals surface area contributed by atoms with E-state index in [1.54, 1.807) is 12.0 Å². The quantitative estimate of drug-likeness (QED) is 0.892. The summed E-state index contributed by atoms with van der Waals surface area (Å²) in [5, 5.41) is 0. The maximum absolute atomic E-state index is 12.6. The second kappa shape index (κ2) is 7.61. The van der Waals surface area contributed by atoms with Gasteiger partial charge >= 0.3 is 0 Å². The zero-order chi connectivity index (χ0) is 15.9. The summed E-state index contributed by atoms with van der Waals surface area (Å²) in [5.41, 5.74) is 7.83. The standard InChI is InChI=1S/C18H22N2O2/c1-3-17(19)18(21)20(13-14-7-5-4-6-8-14)15-9-11-16(22-2)12-10-15/h4-12,17H,3,13,19H2,1-2H3. The van der Waals surface area contributed by atoms with Crippen molar-refractivity contribution in [1.29, 1.82) is 0 Å². The Morgan fingerprint density at radius 1 is 1.14 bits per heavy atom. The van der Waals surface area contributed by atoms with Crippen molar-refractivity contribution in [2.75, 3.05) is 12.0 Å². The van der Waals surface area contributed by atoms with Crippen LogP contribution in [-0.2, 0) is 11.3 Å². The normalized spacial score (nSPS) is 11.8. The van der Waals surface area contributed by atoms with Crippen LogP contribution in [0.15, 0.2) is 54.6 Å². The summed E-state index contributed by atoms with van der Waals surface area (Å²) < 4.78 is 5.17. The Kier molecular flexibility index (Phi) is 5.55. The Morgan fingerprint density at radius 2 is 1.77 bits per heavy atom. The van der Waals surface area contributed by atoms with E-state index in [1.165, 1.54) is 0 Å². The van der Waals surface area contributed by atoms with Crippen LogP contribution in [0.4, 0.5) is 5.69 Å².